The molecule has 1 unspecified atom stereocenters. The van der Waals surface area contributed by atoms with Gasteiger partial charge < -0.3 is 10.6 Å². The van der Waals surface area contributed by atoms with E-state index in [1.165, 1.54) is 6.92 Å². The van der Waals surface area contributed by atoms with Crippen molar-refractivity contribution in [3.05, 3.63) is 65.9 Å². The number of rotatable bonds is 6. The molecule has 152 valence electrons. The fourth-order valence-corrected chi connectivity index (χ4v) is 3.65. The van der Waals surface area contributed by atoms with Crippen LogP contribution >= 0.6 is 0 Å². The zero-order valence-electron chi connectivity index (χ0n) is 16.8. The number of amides is 2. The molecular formula is C23H22N4O3. The highest BCUT2D eigenvalue weighted by atomic mass is 16.2. The zero-order chi connectivity index (χ0) is 21.3. The predicted octanol–water partition coefficient (Wildman–Crippen LogP) is 3.84. The quantitative estimate of drug-likeness (QED) is 0.613. The largest absolute Gasteiger partial charge is 0.326 e. The van der Waals surface area contributed by atoms with Gasteiger partial charge in [-0.1, -0.05) is 37.3 Å². The minimum absolute atomic E-state index is 0.0354. The molecule has 3 aromatic rings. The number of anilines is 2. The number of hydrogen-bond acceptors (Lipinski definition) is 4. The number of hydrogen-bond donors (Lipinski definition) is 2. The summed E-state index contributed by atoms with van der Waals surface area (Å²) in [5.74, 6) is 0.0436. The number of carbonyl (C=O) groups is 3. The molecule has 1 aliphatic heterocycles. The summed E-state index contributed by atoms with van der Waals surface area (Å²) in [6.07, 6.45) is 0.674. The van der Waals surface area contributed by atoms with Crippen LogP contribution in [-0.4, -0.2) is 27.4 Å². The molecule has 4 rings (SSSR count). The molecule has 2 aromatic carbocycles. The standard InChI is InChI=1S/C23H22N4O3/c1-3-18-21(16-7-5-4-6-8-16)22-25-23(30)19(27(22)26-18)13-20(29)24-17-11-9-15(10-12-17)14(2)28/h4-12,19H,3,13H2,1-2H3,(H,24,29)(H,25,30). The molecule has 30 heavy (non-hydrogen) atoms. The summed E-state index contributed by atoms with van der Waals surface area (Å²) >= 11 is 0. The summed E-state index contributed by atoms with van der Waals surface area (Å²) in [4.78, 5) is 36.5. The number of Topliss-reactive ketones (excluding diaryl/α,β-unsaturated/α-hetero) is 1. The van der Waals surface area contributed by atoms with E-state index in [2.05, 4.69) is 15.7 Å². The number of nitrogens with one attached hydrogen (secondary N) is 2. The third kappa shape index (κ3) is 3.61. The molecule has 7 nitrogen and oxygen atoms in total. The van der Waals surface area contributed by atoms with Crippen LogP contribution in [-0.2, 0) is 16.0 Å². The summed E-state index contributed by atoms with van der Waals surface area (Å²) in [6, 6.07) is 15.7. The first-order valence-corrected chi connectivity index (χ1v) is 9.86. The maximum atomic E-state index is 12.6. The van der Waals surface area contributed by atoms with Gasteiger partial charge in [-0.15, -0.1) is 0 Å². The monoisotopic (exact) mass is 402 g/mol. The number of ketones is 1. The van der Waals surface area contributed by atoms with Gasteiger partial charge in [-0.25, -0.2) is 4.68 Å². The van der Waals surface area contributed by atoms with E-state index in [-0.39, 0.29) is 24.0 Å². The van der Waals surface area contributed by atoms with Gasteiger partial charge in [0, 0.05) is 16.8 Å². The number of aromatic nitrogens is 2. The first-order valence-electron chi connectivity index (χ1n) is 9.86. The minimum atomic E-state index is -0.709. The molecule has 0 bridgehead atoms. The normalized spacial score (nSPS) is 14.9. The second-order valence-corrected chi connectivity index (χ2v) is 7.23. The Morgan fingerprint density at radius 3 is 2.43 bits per heavy atom. The van der Waals surface area contributed by atoms with Gasteiger partial charge in [0.05, 0.1) is 12.1 Å². The molecule has 1 aliphatic rings. The smallest absolute Gasteiger partial charge is 0.251 e. The van der Waals surface area contributed by atoms with Crippen LogP contribution in [0, 0.1) is 0 Å². The lowest BCUT2D eigenvalue weighted by atomic mass is 10.0. The highest BCUT2D eigenvalue weighted by Crippen LogP contribution is 2.38. The number of nitrogens with zero attached hydrogens (tertiary/aromatic N) is 2. The Balaban J connectivity index is 1.55. The topological polar surface area (TPSA) is 93.1 Å². The van der Waals surface area contributed by atoms with E-state index < -0.39 is 6.04 Å². The van der Waals surface area contributed by atoms with Crippen molar-refractivity contribution in [1.82, 2.24) is 9.78 Å². The van der Waals surface area contributed by atoms with Crippen molar-refractivity contribution in [2.24, 2.45) is 0 Å². The van der Waals surface area contributed by atoms with Crippen LogP contribution < -0.4 is 10.6 Å². The lowest BCUT2D eigenvalue weighted by Gasteiger charge is -2.10. The summed E-state index contributed by atoms with van der Waals surface area (Å²) in [7, 11) is 0. The highest BCUT2D eigenvalue weighted by Gasteiger charge is 2.36. The number of benzene rings is 2. The van der Waals surface area contributed by atoms with Crippen LogP contribution in [0.2, 0.25) is 0 Å². The molecule has 2 heterocycles. The Hall–Kier alpha value is -3.74. The molecule has 2 amide bonds. The van der Waals surface area contributed by atoms with Gasteiger partial charge in [-0.05, 0) is 43.2 Å². The van der Waals surface area contributed by atoms with E-state index in [1.807, 2.05) is 37.3 Å². The fraction of sp³-hybridized carbons (Fsp3) is 0.217. The van der Waals surface area contributed by atoms with Gasteiger partial charge in [0.1, 0.15) is 11.9 Å². The molecule has 0 aliphatic carbocycles. The van der Waals surface area contributed by atoms with Gasteiger partial charge in [-0.2, -0.15) is 5.10 Å². The SMILES string of the molecule is CCc1nn2c(c1-c1ccccc1)NC(=O)C2CC(=O)Nc1ccc(C(C)=O)cc1. The average Bonchev–Trinajstić information content (AvgIpc) is 3.24. The van der Waals surface area contributed by atoms with Gasteiger partial charge in [0.15, 0.2) is 5.78 Å². The first-order chi connectivity index (χ1) is 14.5. The first kappa shape index (κ1) is 19.6. The second kappa shape index (κ2) is 7.94. The van der Waals surface area contributed by atoms with E-state index in [1.54, 1.807) is 28.9 Å². The Morgan fingerprint density at radius 1 is 1.10 bits per heavy atom. The third-order valence-electron chi connectivity index (χ3n) is 5.17. The molecule has 0 radical (unpaired) electrons. The Bertz CT molecular complexity index is 1120. The minimum Gasteiger partial charge on any atom is -0.326 e. The molecule has 0 saturated carbocycles. The molecule has 1 atom stereocenters. The van der Waals surface area contributed by atoms with E-state index in [9.17, 15) is 14.4 Å². The summed E-state index contributed by atoms with van der Waals surface area (Å²) in [5, 5.41) is 10.3. The van der Waals surface area contributed by atoms with Crippen LogP contribution in [0.15, 0.2) is 54.6 Å². The maximum absolute atomic E-state index is 12.6. The third-order valence-corrected chi connectivity index (χ3v) is 5.17. The molecule has 0 spiro atoms. The molecule has 2 N–H and O–H groups in total. The number of fused-ring (bicyclic) bond motifs is 1. The van der Waals surface area contributed by atoms with E-state index in [4.69, 9.17) is 0 Å². The molecule has 1 aromatic heterocycles. The number of aryl methyl sites for hydroxylation is 1. The second-order valence-electron chi connectivity index (χ2n) is 7.23. The summed E-state index contributed by atoms with van der Waals surface area (Å²) in [6.45, 7) is 3.50. The van der Waals surface area contributed by atoms with Crippen molar-refractivity contribution in [3.63, 3.8) is 0 Å². The van der Waals surface area contributed by atoms with E-state index >= 15 is 0 Å². The number of carbonyl (C=O) groups excluding carboxylic acids is 3. The highest BCUT2D eigenvalue weighted by molar-refractivity contribution is 6.04. The van der Waals surface area contributed by atoms with E-state index in [0.717, 1.165) is 16.8 Å². The Labute approximate surface area is 174 Å². The molecule has 0 saturated heterocycles. The van der Waals surface area contributed by atoms with Crippen LogP contribution in [0.25, 0.3) is 11.1 Å². The summed E-state index contributed by atoms with van der Waals surface area (Å²) in [5.41, 5.74) is 3.90. The van der Waals surface area contributed by atoms with Crippen LogP contribution in [0.3, 0.4) is 0 Å². The molecular weight excluding hydrogens is 380 g/mol. The summed E-state index contributed by atoms with van der Waals surface area (Å²) < 4.78 is 1.63. The van der Waals surface area contributed by atoms with Gasteiger partial charge in [0.25, 0.3) is 5.91 Å². The van der Waals surface area contributed by atoms with Gasteiger partial charge >= 0.3 is 0 Å². The van der Waals surface area contributed by atoms with Crippen LogP contribution in [0.1, 0.15) is 42.4 Å². The lowest BCUT2D eigenvalue weighted by Crippen LogP contribution is -2.24. The maximum Gasteiger partial charge on any atom is 0.251 e. The van der Waals surface area contributed by atoms with Gasteiger partial charge in [0.2, 0.25) is 5.91 Å². The van der Waals surface area contributed by atoms with Crippen LogP contribution in [0.4, 0.5) is 11.5 Å². The van der Waals surface area contributed by atoms with Crippen molar-refractivity contribution in [3.8, 4) is 11.1 Å². The van der Waals surface area contributed by atoms with E-state index in [0.29, 0.717) is 23.5 Å². The van der Waals surface area contributed by atoms with Gasteiger partial charge in [-0.3, -0.25) is 14.4 Å². The fourth-order valence-electron chi connectivity index (χ4n) is 3.65. The van der Waals surface area contributed by atoms with Crippen molar-refractivity contribution in [2.75, 3.05) is 10.6 Å². The van der Waals surface area contributed by atoms with Crippen molar-refractivity contribution < 1.29 is 14.4 Å². The van der Waals surface area contributed by atoms with Crippen molar-refractivity contribution in [2.45, 2.75) is 32.7 Å². The predicted molar refractivity (Wildman–Crippen MR) is 114 cm³/mol. The molecule has 0 fully saturated rings. The lowest BCUT2D eigenvalue weighted by molar-refractivity contribution is -0.123. The zero-order valence-corrected chi connectivity index (χ0v) is 16.8. The molecule has 7 heteroatoms. The van der Waals surface area contributed by atoms with Crippen molar-refractivity contribution >= 4 is 29.1 Å². The van der Waals surface area contributed by atoms with Crippen molar-refractivity contribution in [1.29, 1.82) is 0 Å². The Kier molecular flexibility index (Phi) is 5.18. The average molecular weight is 402 g/mol. The van der Waals surface area contributed by atoms with Crippen LogP contribution in [0.5, 0.6) is 0 Å². The Morgan fingerprint density at radius 2 is 1.80 bits per heavy atom.